The van der Waals surface area contributed by atoms with Gasteiger partial charge in [-0.05, 0) is 25.6 Å². The number of likely N-dealkylation sites (N-methyl/N-ethyl adjacent to an activating group) is 1. The first-order chi connectivity index (χ1) is 8.81. The summed E-state index contributed by atoms with van der Waals surface area (Å²) in [4.78, 5) is 6.60. The first kappa shape index (κ1) is 11.2. The largest absolute Gasteiger partial charge is 0.473 e. The summed E-state index contributed by atoms with van der Waals surface area (Å²) >= 11 is 0. The van der Waals surface area contributed by atoms with E-state index in [-0.39, 0.29) is 6.10 Å². The van der Waals surface area contributed by atoms with E-state index in [4.69, 9.17) is 4.74 Å². The maximum Gasteiger partial charge on any atom is 0.213 e. The normalized spacial score (nSPS) is 20.2. The number of aromatic nitrogens is 3. The van der Waals surface area contributed by atoms with Gasteiger partial charge in [0.1, 0.15) is 6.10 Å². The number of hydrogen-bond acceptors (Lipinski definition) is 4. The summed E-state index contributed by atoms with van der Waals surface area (Å²) in [5.41, 5.74) is 1.98. The summed E-state index contributed by atoms with van der Waals surface area (Å²) in [7, 11) is 2.11. The Morgan fingerprint density at radius 1 is 1.39 bits per heavy atom. The topological polar surface area (TPSA) is 54.0 Å². The lowest BCUT2D eigenvalue weighted by Crippen LogP contribution is -2.21. The number of pyridine rings is 1. The summed E-state index contributed by atoms with van der Waals surface area (Å²) in [6.45, 7) is 2.07. The molecule has 0 saturated carbocycles. The minimum absolute atomic E-state index is 0.264. The standard InChI is InChI=1S/C13H16N4O/c1-17-7-5-11(9-17)18-13-3-2-10(8-14-13)12-4-6-15-16-12/h2-4,6,8,11H,5,7,9H2,1H3,(H,15,16). The third-order valence-electron chi connectivity index (χ3n) is 3.18. The Bertz CT molecular complexity index is 494. The Balaban J connectivity index is 1.68. The molecule has 1 aliphatic rings. The Labute approximate surface area is 106 Å². The number of nitrogens with zero attached hydrogens (tertiary/aromatic N) is 3. The molecule has 1 fully saturated rings. The van der Waals surface area contributed by atoms with Crippen LogP contribution in [0.25, 0.3) is 11.3 Å². The third-order valence-corrected chi connectivity index (χ3v) is 3.18. The molecule has 1 aliphatic heterocycles. The second-order valence-electron chi connectivity index (χ2n) is 4.65. The molecule has 3 heterocycles. The second-order valence-corrected chi connectivity index (χ2v) is 4.65. The van der Waals surface area contributed by atoms with Crippen molar-refractivity contribution in [1.29, 1.82) is 0 Å². The summed E-state index contributed by atoms with van der Waals surface area (Å²) < 4.78 is 5.84. The van der Waals surface area contributed by atoms with E-state index in [2.05, 4.69) is 27.1 Å². The minimum atomic E-state index is 0.264. The van der Waals surface area contributed by atoms with Gasteiger partial charge in [0, 0.05) is 37.1 Å². The molecule has 18 heavy (non-hydrogen) atoms. The van der Waals surface area contributed by atoms with Gasteiger partial charge in [0.15, 0.2) is 0 Å². The Hall–Kier alpha value is -1.88. The molecule has 3 rings (SSSR count). The molecular formula is C13H16N4O. The second kappa shape index (κ2) is 4.78. The van der Waals surface area contributed by atoms with Gasteiger partial charge < -0.3 is 9.64 Å². The molecule has 2 aromatic heterocycles. The SMILES string of the molecule is CN1CCC(Oc2ccc(-c3ccn[nH]3)cn2)C1. The average Bonchev–Trinajstić information content (AvgIpc) is 3.02. The van der Waals surface area contributed by atoms with E-state index < -0.39 is 0 Å². The van der Waals surface area contributed by atoms with Crippen molar-refractivity contribution < 1.29 is 4.74 Å². The highest BCUT2D eigenvalue weighted by Crippen LogP contribution is 2.19. The smallest absolute Gasteiger partial charge is 0.213 e. The molecule has 2 aromatic rings. The van der Waals surface area contributed by atoms with Crippen LogP contribution in [-0.4, -0.2) is 46.3 Å². The predicted octanol–water partition coefficient (Wildman–Crippen LogP) is 1.55. The highest BCUT2D eigenvalue weighted by atomic mass is 16.5. The number of likely N-dealkylation sites (tertiary alicyclic amines) is 1. The Morgan fingerprint density at radius 2 is 2.33 bits per heavy atom. The van der Waals surface area contributed by atoms with E-state index in [0.717, 1.165) is 30.8 Å². The zero-order valence-corrected chi connectivity index (χ0v) is 10.3. The Morgan fingerprint density at radius 3 is 2.94 bits per heavy atom. The van der Waals surface area contributed by atoms with Crippen LogP contribution >= 0.6 is 0 Å². The average molecular weight is 244 g/mol. The molecule has 0 aromatic carbocycles. The molecule has 0 spiro atoms. The van der Waals surface area contributed by atoms with Crippen molar-refractivity contribution in [2.24, 2.45) is 0 Å². The predicted molar refractivity (Wildman–Crippen MR) is 68.3 cm³/mol. The maximum atomic E-state index is 5.84. The molecule has 1 N–H and O–H groups in total. The van der Waals surface area contributed by atoms with Gasteiger partial charge in [-0.1, -0.05) is 0 Å². The van der Waals surface area contributed by atoms with Crippen LogP contribution in [-0.2, 0) is 0 Å². The monoisotopic (exact) mass is 244 g/mol. The highest BCUT2D eigenvalue weighted by molar-refractivity contribution is 5.57. The zero-order chi connectivity index (χ0) is 12.4. The van der Waals surface area contributed by atoms with Gasteiger partial charge in [-0.3, -0.25) is 5.10 Å². The van der Waals surface area contributed by atoms with Crippen molar-refractivity contribution in [1.82, 2.24) is 20.1 Å². The van der Waals surface area contributed by atoms with E-state index in [0.29, 0.717) is 5.88 Å². The van der Waals surface area contributed by atoms with Crippen LogP contribution in [0.1, 0.15) is 6.42 Å². The zero-order valence-electron chi connectivity index (χ0n) is 10.3. The van der Waals surface area contributed by atoms with Crippen LogP contribution in [0.15, 0.2) is 30.6 Å². The quantitative estimate of drug-likeness (QED) is 0.890. The maximum absolute atomic E-state index is 5.84. The van der Waals surface area contributed by atoms with Gasteiger partial charge in [-0.2, -0.15) is 5.10 Å². The van der Waals surface area contributed by atoms with Crippen LogP contribution in [0.2, 0.25) is 0 Å². The van der Waals surface area contributed by atoms with Crippen LogP contribution in [0.5, 0.6) is 5.88 Å². The molecule has 5 nitrogen and oxygen atoms in total. The van der Waals surface area contributed by atoms with Gasteiger partial charge in [-0.15, -0.1) is 0 Å². The van der Waals surface area contributed by atoms with Gasteiger partial charge in [-0.25, -0.2) is 4.98 Å². The minimum Gasteiger partial charge on any atom is -0.473 e. The first-order valence-electron chi connectivity index (χ1n) is 6.12. The lowest BCUT2D eigenvalue weighted by Gasteiger charge is -2.12. The number of ether oxygens (including phenoxy) is 1. The molecule has 0 radical (unpaired) electrons. The molecule has 0 amide bonds. The van der Waals surface area contributed by atoms with Gasteiger partial charge in [0.2, 0.25) is 5.88 Å². The van der Waals surface area contributed by atoms with E-state index in [1.807, 2.05) is 24.4 Å². The summed E-state index contributed by atoms with van der Waals surface area (Å²) in [5.74, 6) is 0.693. The van der Waals surface area contributed by atoms with Crippen molar-refractivity contribution in [3.8, 4) is 17.1 Å². The van der Waals surface area contributed by atoms with Crippen molar-refractivity contribution in [3.05, 3.63) is 30.6 Å². The fraction of sp³-hybridized carbons (Fsp3) is 0.385. The number of hydrogen-bond donors (Lipinski definition) is 1. The van der Waals surface area contributed by atoms with Crippen molar-refractivity contribution in [2.75, 3.05) is 20.1 Å². The van der Waals surface area contributed by atoms with Gasteiger partial charge >= 0.3 is 0 Å². The van der Waals surface area contributed by atoms with Crippen LogP contribution in [0, 0.1) is 0 Å². The van der Waals surface area contributed by atoms with E-state index >= 15 is 0 Å². The molecular weight excluding hydrogens is 228 g/mol. The number of aromatic amines is 1. The van der Waals surface area contributed by atoms with Crippen LogP contribution in [0.4, 0.5) is 0 Å². The number of H-pyrrole nitrogens is 1. The molecule has 1 saturated heterocycles. The fourth-order valence-corrected chi connectivity index (χ4v) is 2.19. The van der Waals surface area contributed by atoms with Gasteiger partial charge in [0.05, 0.1) is 5.69 Å². The molecule has 1 atom stereocenters. The summed E-state index contributed by atoms with van der Waals surface area (Å²) in [6, 6.07) is 5.83. The van der Waals surface area contributed by atoms with Crippen LogP contribution in [0.3, 0.4) is 0 Å². The summed E-state index contributed by atoms with van der Waals surface area (Å²) in [6.07, 6.45) is 4.87. The van der Waals surface area contributed by atoms with Gasteiger partial charge in [0.25, 0.3) is 0 Å². The number of rotatable bonds is 3. The molecule has 5 heteroatoms. The van der Waals surface area contributed by atoms with E-state index in [1.165, 1.54) is 0 Å². The lowest BCUT2D eigenvalue weighted by molar-refractivity contribution is 0.200. The third kappa shape index (κ3) is 2.36. The first-order valence-corrected chi connectivity index (χ1v) is 6.12. The fourth-order valence-electron chi connectivity index (χ4n) is 2.19. The molecule has 0 aliphatic carbocycles. The van der Waals surface area contributed by atoms with Crippen molar-refractivity contribution >= 4 is 0 Å². The van der Waals surface area contributed by atoms with Crippen molar-refractivity contribution in [2.45, 2.75) is 12.5 Å². The summed E-state index contributed by atoms with van der Waals surface area (Å²) in [5, 5.41) is 6.84. The van der Waals surface area contributed by atoms with Crippen molar-refractivity contribution in [3.63, 3.8) is 0 Å². The Kier molecular flexibility index (Phi) is 2.98. The highest BCUT2D eigenvalue weighted by Gasteiger charge is 2.21. The lowest BCUT2D eigenvalue weighted by atomic mass is 10.2. The molecule has 94 valence electrons. The van der Waals surface area contributed by atoms with Crippen LogP contribution < -0.4 is 4.74 Å². The van der Waals surface area contributed by atoms with E-state index in [9.17, 15) is 0 Å². The van der Waals surface area contributed by atoms with E-state index in [1.54, 1.807) is 6.20 Å². The molecule has 0 bridgehead atoms. The molecule has 1 unspecified atom stereocenters. The number of nitrogens with one attached hydrogen (secondary N) is 1.